The monoisotopic (exact) mass is 238 g/mol. The van der Waals surface area contributed by atoms with Crippen LogP contribution in [0, 0.1) is 17.3 Å². The van der Waals surface area contributed by atoms with Gasteiger partial charge in [-0.05, 0) is 31.1 Å². The second kappa shape index (κ2) is 4.31. The van der Waals surface area contributed by atoms with E-state index in [0.29, 0.717) is 11.8 Å². The van der Waals surface area contributed by atoms with Crippen molar-refractivity contribution in [2.24, 2.45) is 17.3 Å². The zero-order valence-corrected chi connectivity index (χ0v) is 11.0. The van der Waals surface area contributed by atoms with E-state index in [1.165, 1.54) is 0 Å². The second-order valence-corrected chi connectivity index (χ2v) is 5.84. The van der Waals surface area contributed by atoms with Crippen LogP contribution in [0.3, 0.4) is 0 Å². The van der Waals surface area contributed by atoms with Crippen molar-refractivity contribution in [2.45, 2.75) is 26.2 Å². The average molecular weight is 238 g/mol. The molecule has 1 saturated heterocycles. The zero-order valence-electron chi connectivity index (χ0n) is 11.0. The normalized spacial score (nSPS) is 35.8. The van der Waals surface area contributed by atoms with E-state index in [2.05, 4.69) is 6.92 Å². The highest BCUT2D eigenvalue weighted by molar-refractivity contribution is 5.74. The molecule has 4 nitrogen and oxygen atoms in total. The maximum absolute atomic E-state index is 11.9. The van der Waals surface area contributed by atoms with E-state index in [1.807, 2.05) is 4.90 Å². The molecular formula is C13H22N2O2. The first-order valence-corrected chi connectivity index (χ1v) is 6.44. The van der Waals surface area contributed by atoms with E-state index in [9.17, 15) is 9.59 Å². The summed E-state index contributed by atoms with van der Waals surface area (Å²) in [4.78, 5) is 26.6. The summed E-state index contributed by atoms with van der Waals surface area (Å²) in [6.45, 7) is 3.76. The molecule has 0 aromatic carbocycles. The van der Waals surface area contributed by atoms with Crippen LogP contribution in [0.25, 0.3) is 0 Å². The first-order valence-electron chi connectivity index (χ1n) is 6.44. The predicted octanol–water partition coefficient (Wildman–Crippen LogP) is 1.61. The van der Waals surface area contributed by atoms with Crippen molar-refractivity contribution in [3.63, 3.8) is 0 Å². The van der Waals surface area contributed by atoms with Gasteiger partial charge in [-0.15, -0.1) is 0 Å². The summed E-state index contributed by atoms with van der Waals surface area (Å²) in [6, 6.07) is 0.104. The lowest BCUT2D eigenvalue weighted by molar-refractivity contribution is -0.116. The predicted molar refractivity (Wildman–Crippen MR) is 65.7 cm³/mol. The molecule has 1 aliphatic heterocycles. The third kappa shape index (κ3) is 2.05. The fraction of sp³-hybridized carbons (Fsp3) is 0.846. The Labute approximate surface area is 103 Å². The molecule has 17 heavy (non-hydrogen) atoms. The topological polar surface area (TPSA) is 40.6 Å². The fourth-order valence-corrected chi connectivity index (χ4v) is 3.44. The third-order valence-corrected chi connectivity index (χ3v) is 4.52. The molecule has 0 N–H and O–H groups in total. The number of carbonyl (C=O) groups is 2. The molecule has 2 rings (SSSR count). The van der Waals surface area contributed by atoms with E-state index in [1.54, 1.807) is 19.0 Å². The summed E-state index contributed by atoms with van der Waals surface area (Å²) >= 11 is 0. The van der Waals surface area contributed by atoms with Crippen molar-refractivity contribution in [3.05, 3.63) is 0 Å². The molecule has 0 radical (unpaired) electrons. The molecule has 0 aromatic rings. The Morgan fingerprint density at radius 1 is 1.35 bits per heavy atom. The number of urea groups is 1. The molecule has 1 unspecified atom stereocenters. The van der Waals surface area contributed by atoms with Gasteiger partial charge in [-0.25, -0.2) is 4.79 Å². The van der Waals surface area contributed by atoms with Gasteiger partial charge in [0.25, 0.3) is 0 Å². The fourth-order valence-electron chi connectivity index (χ4n) is 3.44. The summed E-state index contributed by atoms with van der Waals surface area (Å²) in [6.07, 6.45) is 4.03. The van der Waals surface area contributed by atoms with Crippen molar-refractivity contribution in [2.75, 3.05) is 27.2 Å². The highest BCUT2D eigenvalue weighted by atomic mass is 16.2. The Morgan fingerprint density at radius 2 is 1.88 bits per heavy atom. The number of carbonyl (C=O) groups excluding carboxylic acids is 2. The maximum atomic E-state index is 11.9. The summed E-state index contributed by atoms with van der Waals surface area (Å²) in [7, 11) is 3.58. The first kappa shape index (κ1) is 12.4. The average Bonchev–Trinajstić information content (AvgIpc) is 2.83. The van der Waals surface area contributed by atoms with Crippen molar-refractivity contribution >= 4 is 12.3 Å². The summed E-state index contributed by atoms with van der Waals surface area (Å²) in [5.41, 5.74) is -0.0947. The molecule has 2 amide bonds. The molecule has 0 aromatic heterocycles. The maximum Gasteiger partial charge on any atom is 0.319 e. The van der Waals surface area contributed by atoms with Crippen LogP contribution in [-0.4, -0.2) is 49.3 Å². The Bertz CT molecular complexity index is 313. The Morgan fingerprint density at radius 3 is 2.24 bits per heavy atom. The van der Waals surface area contributed by atoms with Gasteiger partial charge in [0, 0.05) is 32.6 Å². The largest absolute Gasteiger partial charge is 0.331 e. The molecule has 0 bridgehead atoms. The van der Waals surface area contributed by atoms with Crippen LogP contribution in [0.5, 0.6) is 0 Å². The number of amides is 2. The van der Waals surface area contributed by atoms with E-state index >= 15 is 0 Å². The number of nitrogens with zero attached hydrogens (tertiary/aromatic N) is 2. The lowest BCUT2D eigenvalue weighted by Gasteiger charge is -2.26. The van der Waals surface area contributed by atoms with Gasteiger partial charge in [-0.3, -0.25) is 0 Å². The standard InChI is InChI=1S/C13H22N2O2/c1-4-13(9-16)5-10-7-15(8-11(10)6-13)12(17)14(2)3/h9-11H,4-8H2,1-3H3/t10-,11+,13?. The van der Waals surface area contributed by atoms with Gasteiger partial charge in [0.05, 0.1) is 0 Å². The summed E-state index contributed by atoms with van der Waals surface area (Å²) in [5, 5.41) is 0. The minimum atomic E-state index is -0.0947. The third-order valence-electron chi connectivity index (χ3n) is 4.52. The van der Waals surface area contributed by atoms with Crippen LogP contribution >= 0.6 is 0 Å². The number of likely N-dealkylation sites (tertiary alicyclic amines) is 1. The van der Waals surface area contributed by atoms with E-state index in [0.717, 1.165) is 38.6 Å². The van der Waals surface area contributed by atoms with Gasteiger partial charge in [0.15, 0.2) is 0 Å². The lowest BCUT2D eigenvalue weighted by atomic mass is 9.83. The van der Waals surface area contributed by atoms with Crippen molar-refractivity contribution in [3.8, 4) is 0 Å². The molecule has 1 aliphatic carbocycles. The van der Waals surface area contributed by atoms with Crippen LogP contribution in [0.2, 0.25) is 0 Å². The molecule has 3 atom stereocenters. The molecule has 96 valence electrons. The van der Waals surface area contributed by atoms with Gasteiger partial charge >= 0.3 is 6.03 Å². The molecule has 1 saturated carbocycles. The minimum absolute atomic E-state index is 0.0947. The Balaban J connectivity index is 2.00. The van der Waals surface area contributed by atoms with Crippen LogP contribution < -0.4 is 0 Å². The zero-order chi connectivity index (χ0) is 12.6. The molecule has 2 fully saturated rings. The van der Waals surface area contributed by atoms with Gasteiger partial charge in [-0.2, -0.15) is 0 Å². The first-order chi connectivity index (χ1) is 8.01. The van der Waals surface area contributed by atoms with Gasteiger partial charge < -0.3 is 14.6 Å². The quantitative estimate of drug-likeness (QED) is 0.686. The Hall–Kier alpha value is -1.06. The number of rotatable bonds is 2. The van der Waals surface area contributed by atoms with Crippen molar-refractivity contribution < 1.29 is 9.59 Å². The van der Waals surface area contributed by atoms with E-state index in [4.69, 9.17) is 0 Å². The molecule has 4 heteroatoms. The molecule has 2 aliphatic rings. The van der Waals surface area contributed by atoms with Crippen LogP contribution in [-0.2, 0) is 4.79 Å². The number of hydrogen-bond acceptors (Lipinski definition) is 2. The van der Waals surface area contributed by atoms with Crippen LogP contribution in [0.15, 0.2) is 0 Å². The highest BCUT2D eigenvalue weighted by Crippen LogP contribution is 2.49. The number of fused-ring (bicyclic) bond motifs is 1. The number of hydrogen-bond donors (Lipinski definition) is 0. The van der Waals surface area contributed by atoms with Crippen LogP contribution in [0.1, 0.15) is 26.2 Å². The summed E-state index contributed by atoms with van der Waals surface area (Å²) in [5.74, 6) is 1.06. The number of aldehydes is 1. The second-order valence-electron chi connectivity index (χ2n) is 5.84. The van der Waals surface area contributed by atoms with Gasteiger partial charge in [0.2, 0.25) is 0 Å². The Kier molecular flexibility index (Phi) is 3.15. The van der Waals surface area contributed by atoms with E-state index < -0.39 is 0 Å². The molecule has 0 spiro atoms. The van der Waals surface area contributed by atoms with E-state index in [-0.39, 0.29) is 11.4 Å². The lowest BCUT2D eigenvalue weighted by Crippen LogP contribution is -2.38. The smallest absolute Gasteiger partial charge is 0.319 e. The van der Waals surface area contributed by atoms with Crippen molar-refractivity contribution in [1.29, 1.82) is 0 Å². The van der Waals surface area contributed by atoms with Gasteiger partial charge in [0.1, 0.15) is 6.29 Å². The highest BCUT2D eigenvalue weighted by Gasteiger charge is 2.49. The molecule has 1 heterocycles. The van der Waals surface area contributed by atoms with Crippen LogP contribution in [0.4, 0.5) is 4.79 Å². The minimum Gasteiger partial charge on any atom is -0.331 e. The van der Waals surface area contributed by atoms with Gasteiger partial charge in [-0.1, -0.05) is 6.92 Å². The van der Waals surface area contributed by atoms with Crippen molar-refractivity contribution in [1.82, 2.24) is 9.80 Å². The summed E-state index contributed by atoms with van der Waals surface area (Å²) < 4.78 is 0. The SMILES string of the molecule is CCC1(C=O)C[C@H]2CN(C(=O)N(C)C)C[C@H]2C1. The molecular weight excluding hydrogens is 216 g/mol.